The highest BCUT2D eigenvalue weighted by atomic mass is 32.2. The molecule has 1 heterocycles. The van der Waals surface area contributed by atoms with Crippen molar-refractivity contribution < 1.29 is 17.6 Å². The number of rotatable bonds is 8. The van der Waals surface area contributed by atoms with E-state index in [1.165, 1.54) is 10.4 Å². The van der Waals surface area contributed by atoms with Gasteiger partial charge in [-0.2, -0.15) is 4.31 Å². The highest BCUT2D eigenvalue weighted by Crippen LogP contribution is 2.19. The van der Waals surface area contributed by atoms with Crippen molar-refractivity contribution in [3.8, 4) is 0 Å². The average molecular weight is 384 g/mol. The van der Waals surface area contributed by atoms with Crippen LogP contribution in [0.4, 0.5) is 4.39 Å². The molecule has 0 atom stereocenters. The number of benzene rings is 1. The summed E-state index contributed by atoms with van der Waals surface area (Å²) in [6.45, 7) is 4.41. The van der Waals surface area contributed by atoms with Crippen LogP contribution in [0, 0.1) is 5.82 Å². The van der Waals surface area contributed by atoms with Crippen molar-refractivity contribution in [3.63, 3.8) is 0 Å². The smallest absolute Gasteiger partial charge is 0.254 e. The third-order valence-electron chi connectivity index (χ3n) is 3.76. The number of carbonyl (C=O) groups excluding carboxylic acids is 1. The molecular formula is C17H21FN2O3S2. The number of nitrogens with one attached hydrogen (secondary N) is 1. The summed E-state index contributed by atoms with van der Waals surface area (Å²) in [5.41, 5.74) is -0.264. The minimum Gasteiger partial charge on any atom is -0.352 e. The van der Waals surface area contributed by atoms with E-state index in [4.69, 9.17) is 0 Å². The van der Waals surface area contributed by atoms with Crippen LogP contribution >= 0.6 is 11.3 Å². The molecular weight excluding hydrogens is 363 g/mol. The number of thiophene rings is 1. The molecule has 1 aromatic carbocycles. The lowest BCUT2D eigenvalue weighted by Crippen LogP contribution is -2.31. The van der Waals surface area contributed by atoms with E-state index < -0.39 is 21.7 Å². The second-order valence-electron chi connectivity index (χ2n) is 5.32. The molecule has 0 aliphatic carbocycles. The summed E-state index contributed by atoms with van der Waals surface area (Å²) in [7, 11) is -3.74. The minimum absolute atomic E-state index is 0.0824. The molecule has 5 nitrogen and oxygen atoms in total. The van der Waals surface area contributed by atoms with Crippen molar-refractivity contribution in [3.05, 3.63) is 52.0 Å². The van der Waals surface area contributed by atoms with E-state index in [9.17, 15) is 17.6 Å². The first-order valence-corrected chi connectivity index (χ1v) is 10.3. The van der Waals surface area contributed by atoms with Gasteiger partial charge in [0.1, 0.15) is 5.82 Å². The number of carbonyl (C=O) groups is 1. The summed E-state index contributed by atoms with van der Waals surface area (Å²) in [6.07, 6.45) is 0.641. The van der Waals surface area contributed by atoms with E-state index in [-0.39, 0.29) is 10.5 Å². The van der Waals surface area contributed by atoms with Crippen molar-refractivity contribution >= 4 is 27.3 Å². The Morgan fingerprint density at radius 1 is 1.24 bits per heavy atom. The predicted octanol–water partition coefficient (Wildman–Crippen LogP) is 2.89. The van der Waals surface area contributed by atoms with Crippen LogP contribution in [0.15, 0.2) is 40.6 Å². The van der Waals surface area contributed by atoms with Gasteiger partial charge in [0.15, 0.2) is 0 Å². The van der Waals surface area contributed by atoms with E-state index in [1.54, 1.807) is 25.2 Å². The predicted molar refractivity (Wildman–Crippen MR) is 96.9 cm³/mol. The Balaban J connectivity index is 2.16. The van der Waals surface area contributed by atoms with Crippen molar-refractivity contribution in [1.82, 2.24) is 9.62 Å². The monoisotopic (exact) mass is 384 g/mol. The van der Waals surface area contributed by atoms with E-state index in [1.807, 2.05) is 17.5 Å². The van der Waals surface area contributed by atoms with Gasteiger partial charge in [0.2, 0.25) is 10.0 Å². The molecule has 1 N–H and O–H groups in total. The molecule has 2 rings (SSSR count). The molecule has 0 saturated carbocycles. The van der Waals surface area contributed by atoms with Crippen molar-refractivity contribution in [2.45, 2.75) is 25.2 Å². The van der Waals surface area contributed by atoms with Crippen LogP contribution in [0.25, 0.3) is 0 Å². The Labute approximate surface area is 151 Å². The number of halogens is 1. The zero-order valence-electron chi connectivity index (χ0n) is 14.2. The van der Waals surface area contributed by atoms with Crippen LogP contribution in [-0.2, 0) is 16.4 Å². The topological polar surface area (TPSA) is 66.5 Å². The maximum atomic E-state index is 14.0. The molecule has 1 aromatic heterocycles. The quantitative estimate of drug-likeness (QED) is 0.761. The molecule has 0 aliphatic rings. The largest absolute Gasteiger partial charge is 0.352 e. The highest BCUT2D eigenvalue weighted by molar-refractivity contribution is 7.89. The molecule has 25 heavy (non-hydrogen) atoms. The van der Waals surface area contributed by atoms with Gasteiger partial charge in [-0.05, 0) is 36.1 Å². The Hall–Kier alpha value is -1.77. The maximum absolute atomic E-state index is 14.0. The van der Waals surface area contributed by atoms with Crippen LogP contribution in [0.5, 0.6) is 0 Å². The summed E-state index contributed by atoms with van der Waals surface area (Å²) in [5.74, 6) is -1.36. The zero-order chi connectivity index (χ0) is 18.4. The van der Waals surface area contributed by atoms with E-state index >= 15 is 0 Å². The van der Waals surface area contributed by atoms with Gasteiger partial charge in [0.05, 0.1) is 10.5 Å². The molecule has 2 aromatic rings. The summed E-state index contributed by atoms with van der Waals surface area (Å²) in [5, 5.41) is 4.58. The summed E-state index contributed by atoms with van der Waals surface area (Å²) < 4.78 is 40.3. The molecule has 0 saturated heterocycles. The van der Waals surface area contributed by atoms with Crippen molar-refractivity contribution in [2.75, 3.05) is 19.6 Å². The van der Waals surface area contributed by atoms with Crippen molar-refractivity contribution in [2.24, 2.45) is 0 Å². The van der Waals surface area contributed by atoms with Crippen molar-refractivity contribution in [1.29, 1.82) is 0 Å². The van der Waals surface area contributed by atoms with Crippen LogP contribution in [-0.4, -0.2) is 38.3 Å². The van der Waals surface area contributed by atoms with Gasteiger partial charge in [0.25, 0.3) is 5.91 Å². The normalized spacial score (nSPS) is 11.7. The standard InChI is InChI=1S/C17H21FN2O3S2/c1-3-20(4-2)25(22,23)14-7-8-16(18)15(12-14)17(21)19-10-9-13-6-5-11-24-13/h5-8,11-12H,3-4,9-10H2,1-2H3,(H,19,21). The fourth-order valence-corrected chi connectivity index (χ4v) is 4.59. The van der Waals surface area contributed by atoms with Gasteiger partial charge < -0.3 is 5.32 Å². The van der Waals surface area contributed by atoms with Gasteiger partial charge >= 0.3 is 0 Å². The van der Waals surface area contributed by atoms with Crippen LogP contribution in [0.2, 0.25) is 0 Å². The second-order valence-corrected chi connectivity index (χ2v) is 8.29. The van der Waals surface area contributed by atoms with E-state index in [0.29, 0.717) is 26.1 Å². The van der Waals surface area contributed by atoms with Gasteiger partial charge in [0, 0.05) is 24.5 Å². The Bertz CT molecular complexity index is 816. The lowest BCUT2D eigenvalue weighted by atomic mass is 10.2. The fraction of sp³-hybridized carbons (Fsp3) is 0.353. The second kappa shape index (κ2) is 8.55. The van der Waals surface area contributed by atoms with Crippen LogP contribution in [0.3, 0.4) is 0 Å². The molecule has 0 radical (unpaired) electrons. The summed E-state index contributed by atoms with van der Waals surface area (Å²) in [6, 6.07) is 7.18. The van der Waals surface area contributed by atoms with Gasteiger partial charge in [-0.1, -0.05) is 19.9 Å². The summed E-state index contributed by atoms with van der Waals surface area (Å²) >= 11 is 1.58. The number of hydrogen-bond acceptors (Lipinski definition) is 4. The number of nitrogens with zero attached hydrogens (tertiary/aromatic N) is 1. The third kappa shape index (κ3) is 4.65. The molecule has 1 amide bonds. The Kier molecular flexibility index (Phi) is 6.69. The van der Waals surface area contributed by atoms with Gasteiger partial charge in [-0.25, -0.2) is 12.8 Å². The first-order chi connectivity index (χ1) is 11.9. The molecule has 8 heteroatoms. The average Bonchev–Trinajstić information content (AvgIpc) is 3.09. The van der Waals surface area contributed by atoms with Crippen LogP contribution in [0.1, 0.15) is 29.1 Å². The molecule has 0 bridgehead atoms. The number of sulfonamides is 1. The van der Waals surface area contributed by atoms with Crippen LogP contribution < -0.4 is 5.32 Å². The molecule has 0 spiro atoms. The van der Waals surface area contributed by atoms with E-state index in [2.05, 4.69) is 5.32 Å². The molecule has 0 unspecified atom stereocenters. The first kappa shape index (κ1) is 19.6. The van der Waals surface area contributed by atoms with E-state index in [0.717, 1.165) is 17.0 Å². The Morgan fingerprint density at radius 2 is 1.96 bits per heavy atom. The molecule has 136 valence electrons. The lowest BCUT2D eigenvalue weighted by Gasteiger charge is -2.19. The number of hydrogen-bond donors (Lipinski definition) is 1. The van der Waals surface area contributed by atoms with Gasteiger partial charge in [-0.15, -0.1) is 11.3 Å². The third-order valence-corrected chi connectivity index (χ3v) is 6.74. The lowest BCUT2D eigenvalue weighted by molar-refractivity contribution is 0.0950. The molecule has 0 aliphatic heterocycles. The van der Waals surface area contributed by atoms with Gasteiger partial charge in [-0.3, -0.25) is 4.79 Å². The molecule has 0 fully saturated rings. The minimum atomic E-state index is -3.74. The summed E-state index contributed by atoms with van der Waals surface area (Å²) in [4.78, 5) is 13.3. The number of amides is 1. The highest BCUT2D eigenvalue weighted by Gasteiger charge is 2.24. The zero-order valence-corrected chi connectivity index (χ0v) is 15.8. The fourth-order valence-electron chi connectivity index (χ4n) is 2.40. The first-order valence-electron chi connectivity index (χ1n) is 8.00. The Morgan fingerprint density at radius 3 is 2.56 bits per heavy atom. The maximum Gasteiger partial charge on any atom is 0.254 e. The SMILES string of the molecule is CCN(CC)S(=O)(=O)c1ccc(F)c(C(=O)NCCc2cccs2)c1.